The van der Waals surface area contributed by atoms with Gasteiger partial charge in [-0.3, -0.25) is 4.79 Å². The minimum atomic E-state index is 0.0611. The third-order valence-electron chi connectivity index (χ3n) is 2.61. The van der Waals surface area contributed by atoms with E-state index in [1.807, 2.05) is 11.9 Å². The third kappa shape index (κ3) is 9.13. The van der Waals surface area contributed by atoms with Crippen LogP contribution < -0.4 is 10.6 Å². The van der Waals surface area contributed by atoms with Crippen molar-refractivity contribution in [1.82, 2.24) is 15.5 Å². The number of hydrogen-bond acceptors (Lipinski definition) is 4. The number of nitrogens with zero attached hydrogens (tertiary/aromatic N) is 1. The van der Waals surface area contributed by atoms with Crippen molar-refractivity contribution >= 4 is 11.7 Å². The van der Waals surface area contributed by atoms with Gasteiger partial charge in [-0.15, -0.1) is 0 Å². The highest BCUT2D eigenvalue weighted by molar-refractivity contribution is 5.83. The molecule has 5 nitrogen and oxygen atoms in total. The number of ketones is 1. The van der Waals surface area contributed by atoms with Gasteiger partial charge in [-0.05, 0) is 14.0 Å². The first kappa shape index (κ1) is 17.1. The number of likely N-dealkylation sites (N-methyl/N-ethyl adjacent to an activating group) is 1. The second kappa shape index (κ2) is 10.0. The molecule has 0 fully saturated rings. The van der Waals surface area contributed by atoms with Gasteiger partial charge in [-0.2, -0.15) is 0 Å². The molecule has 5 heteroatoms. The monoisotopic (exact) mass is 257 g/mol. The van der Waals surface area contributed by atoms with E-state index < -0.39 is 0 Å². The summed E-state index contributed by atoms with van der Waals surface area (Å²) in [5.74, 6) is 0.128. The fourth-order valence-corrected chi connectivity index (χ4v) is 1.54. The van der Waals surface area contributed by atoms with Crippen molar-refractivity contribution in [2.24, 2.45) is 0 Å². The van der Waals surface area contributed by atoms with Gasteiger partial charge in [0.15, 0.2) is 0 Å². The Bertz CT molecular complexity index is 255. The molecule has 0 heterocycles. The standard InChI is InChI=1S/C13H27N3O2/c1-11(2)15-8-10-16(9-7-14-4)13(18)6-5-12(3)17/h11,14-15H,5-10H2,1-4H3. The zero-order chi connectivity index (χ0) is 14.0. The van der Waals surface area contributed by atoms with Crippen LogP contribution in [0.4, 0.5) is 0 Å². The molecule has 0 unspecified atom stereocenters. The first-order valence-corrected chi connectivity index (χ1v) is 6.62. The quantitative estimate of drug-likeness (QED) is 0.595. The van der Waals surface area contributed by atoms with Gasteiger partial charge in [0, 0.05) is 45.1 Å². The van der Waals surface area contributed by atoms with E-state index in [9.17, 15) is 9.59 Å². The fourth-order valence-electron chi connectivity index (χ4n) is 1.54. The lowest BCUT2D eigenvalue weighted by atomic mass is 10.2. The van der Waals surface area contributed by atoms with Crippen LogP contribution in [0.15, 0.2) is 0 Å². The Kier molecular flexibility index (Phi) is 9.50. The number of carbonyl (C=O) groups is 2. The topological polar surface area (TPSA) is 61.4 Å². The van der Waals surface area contributed by atoms with Crippen LogP contribution in [0.25, 0.3) is 0 Å². The molecular formula is C13H27N3O2. The molecule has 106 valence electrons. The number of nitrogens with one attached hydrogen (secondary N) is 2. The molecule has 0 aliphatic carbocycles. The summed E-state index contributed by atoms with van der Waals surface area (Å²) < 4.78 is 0. The molecule has 18 heavy (non-hydrogen) atoms. The van der Waals surface area contributed by atoms with E-state index >= 15 is 0 Å². The van der Waals surface area contributed by atoms with Gasteiger partial charge in [0.05, 0.1) is 0 Å². The summed E-state index contributed by atoms with van der Waals surface area (Å²) in [6.45, 7) is 8.61. The molecule has 0 aliphatic rings. The number of Topliss-reactive ketones (excluding diaryl/α,β-unsaturated/α-hetero) is 1. The molecule has 0 rings (SSSR count). The summed E-state index contributed by atoms with van der Waals surface area (Å²) in [4.78, 5) is 24.7. The molecular weight excluding hydrogens is 230 g/mol. The van der Waals surface area contributed by atoms with E-state index in [2.05, 4.69) is 24.5 Å². The highest BCUT2D eigenvalue weighted by atomic mass is 16.2. The van der Waals surface area contributed by atoms with Crippen LogP contribution in [0.5, 0.6) is 0 Å². The Balaban J connectivity index is 4.10. The normalized spacial score (nSPS) is 10.7. The number of hydrogen-bond donors (Lipinski definition) is 2. The average molecular weight is 257 g/mol. The summed E-state index contributed by atoms with van der Waals surface area (Å²) in [7, 11) is 1.87. The zero-order valence-electron chi connectivity index (χ0n) is 12.1. The maximum absolute atomic E-state index is 11.9. The second-order valence-corrected chi connectivity index (χ2v) is 4.80. The number of carbonyl (C=O) groups excluding carboxylic acids is 2. The van der Waals surface area contributed by atoms with Gasteiger partial charge in [0.2, 0.25) is 5.91 Å². The molecule has 0 saturated heterocycles. The molecule has 0 aromatic heterocycles. The van der Waals surface area contributed by atoms with Crippen molar-refractivity contribution in [3.63, 3.8) is 0 Å². The van der Waals surface area contributed by atoms with Crippen molar-refractivity contribution in [2.75, 3.05) is 33.2 Å². The Morgan fingerprint density at radius 3 is 2.22 bits per heavy atom. The second-order valence-electron chi connectivity index (χ2n) is 4.80. The Hall–Kier alpha value is -0.940. The van der Waals surface area contributed by atoms with Crippen molar-refractivity contribution in [1.29, 1.82) is 0 Å². The summed E-state index contributed by atoms with van der Waals surface area (Å²) in [5, 5.41) is 6.33. The van der Waals surface area contributed by atoms with E-state index in [-0.39, 0.29) is 11.7 Å². The fraction of sp³-hybridized carbons (Fsp3) is 0.846. The SMILES string of the molecule is CNCCN(CCNC(C)C)C(=O)CCC(C)=O. The lowest BCUT2D eigenvalue weighted by molar-refractivity contribution is -0.132. The van der Waals surface area contributed by atoms with Gasteiger partial charge in [0.1, 0.15) is 5.78 Å². The van der Waals surface area contributed by atoms with Crippen molar-refractivity contribution in [2.45, 2.75) is 39.7 Å². The van der Waals surface area contributed by atoms with Gasteiger partial charge in [-0.1, -0.05) is 13.8 Å². The lowest BCUT2D eigenvalue weighted by Crippen LogP contribution is -2.41. The van der Waals surface area contributed by atoms with Gasteiger partial charge in [-0.25, -0.2) is 0 Å². The molecule has 2 N–H and O–H groups in total. The Morgan fingerprint density at radius 1 is 1.11 bits per heavy atom. The molecule has 0 aromatic rings. The van der Waals surface area contributed by atoms with Crippen LogP contribution in [0.3, 0.4) is 0 Å². The van der Waals surface area contributed by atoms with E-state index in [1.54, 1.807) is 0 Å². The molecule has 0 spiro atoms. The van der Waals surface area contributed by atoms with E-state index in [1.165, 1.54) is 6.92 Å². The predicted molar refractivity (Wildman–Crippen MR) is 73.6 cm³/mol. The maximum atomic E-state index is 11.9. The summed E-state index contributed by atoms with van der Waals surface area (Å²) in [5.41, 5.74) is 0. The predicted octanol–water partition coefficient (Wildman–Crippen LogP) is 0.402. The van der Waals surface area contributed by atoms with Crippen molar-refractivity contribution in [3.8, 4) is 0 Å². The van der Waals surface area contributed by atoms with Gasteiger partial charge >= 0.3 is 0 Å². The summed E-state index contributed by atoms with van der Waals surface area (Å²) in [6, 6.07) is 0.420. The van der Waals surface area contributed by atoms with Gasteiger partial charge in [0.25, 0.3) is 0 Å². The highest BCUT2D eigenvalue weighted by Crippen LogP contribution is 1.98. The summed E-state index contributed by atoms with van der Waals surface area (Å²) in [6.07, 6.45) is 0.660. The van der Waals surface area contributed by atoms with Crippen LogP contribution >= 0.6 is 0 Å². The maximum Gasteiger partial charge on any atom is 0.223 e. The molecule has 0 aliphatic heterocycles. The van der Waals surface area contributed by atoms with E-state index in [4.69, 9.17) is 0 Å². The Morgan fingerprint density at radius 2 is 1.72 bits per heavy atom. The van der Waals surface area contributed by atoms with Gasteiger partial charge < -0.3 is 20.3 Å². The lowest BCUT2D eigenvalue weighted by Gasteiger charge is -2.23. The van der Waals surface area contributed by atoms with E-state index in [0.717, 1.165) is 13.1 Å². The zero-order valence-corrected chi connectivity index (χ0v) is 12.1. The minimum absolute atomic E-state index is 0.0611. The van der Waals surface area contributed by atoms with Crippen LogP contribution in [-0.2, 0) is 9.59 Å². The third-order valence-corrected chi connectivity index (χ3v) is 2.61. The van der Waals surface area contributed by atoms with Crippen molar-refractivity contribution in [3.05, 3.63) is 0 Å². The molecule has 0 aromatic carbocycles. The first-order chi connectivity index (χ1) is 8.47. The minimum Gasteiger partial charge on any atom is -0.340 e. The number of amides is 1. The van der Waals surface area contributed by atoms with Crippen LogP contribution in [-0.4, -0.2) is 55.9 Å². The molecule has 1 amide bonds. The van der Waals surface area contributed by atoms with Crippen LogP contribution in [0.2, 0.25) is 0 Å². The van der Waals surface area contributed by atoms with Crippen LogP contribution in [0.1, 0.15) is 33.6 Å². The molecule has 0 bridgehead atoms. The molecule has 0 saturated carbocycles. The Labute approximate surface area is 110 Å². The van der Waals surface area contributed by atoms with Crippen molar-refractivity contribution < 1.29 is 9.59 Å². The molecule has 0 radical (unpaired) electrons. The molecule has 0 atom stereocenters. The first-order valence-electron chi connectivity index (χ1n) is 6.62. The number of rotatable bonds is 10. The highest BCUT2D eigenvalue weighted by Gasteiger charge is 2.13. The largest absolute Gasteiger partial charge is 0.340 e. The summed E-state index contributed by atoms with van der Waals surface area (Å²) >= 11 is 0. The van der Waals surface area contributed by atoms with E-state index in [0.29, 0.717) is 32.0 Å². The average Bonchev–Trinajstić information content (AvgIpc) is 2.30. The van der Waals surface area contributed by atoms with Crippen LogP contribution in [0, 0.1) is 0 Å². The smallest absolute Gasteiger partial charge is 0.223 e.